The van der Waals surface area contributed by atoms with Crippen molar-refractivity contribution in [1.29, 1.82) is 0 Å². The largest absolute Gasteiger partial charge is 0.493 e. The van der Waals surface area contributed by atoms with Gasteiger partial charge in [-0.3, -0.25) is 20.4 Å². The molecule has 0 unspecified atom stereocenters. The lowest BCUT2D eigenvalue weighted by Crippen LogP contribution is -2.41. The Morgan fingerprint density at radius 2 is 1.78 bits per heavy atom. The van der Waals surface area contributed by atoms with E-state index in [1.165, 1.54) is 18.4 Å². The molecule has 0 aliphatic carbocycles. The zero-order chi connectivity index (χ0) is 23.4. The number of ether oxygens (including phenoxy) is 2. The first-order chi connectivity index (χ1) is 15.2. The van der Waals surface area contributed by atoms with Crippen molar-refractivity contribution >= 4 is 33.4 Å². The van der Waals surface area contributed by atoms with Crippen molar-refractivity contribution in [3.63, 3.8) is 0 Å². The summed E-state index contributed by atoms with van der Waals surface area (Å²) in [6.45, 7) is 10.4. The molecule has 0 aliphatic heterocycles. The molecule has 3 aromatic rings. The summed E-state index contributed by atoms with van der Waals surface area (Å²) in [4.78, 5) is 35.3. The quantitative estimate of drug-likeness (QED) is 0.519. The van der Waals surface area contributed by atoms with E-state index in [4.69, 9.17) is 9.47 Å². The Balaban J connectivity index is 1.69. The maximum atomic E-state index is 12.7. The second-order valence-corrected chi connectivity index (χ2v) is 8.90. The van der Waals surface area contributed by atoms with Gasteiger partial charge in [0, 0.05) is 16.6 Å². The number of benzene rings is 1. The third-order valence-electron chi connectivity index (χ3n) is 4.96. The highest BCUT2D eigenvalue weighted by Crippen LogP contribution is 2.31. The lowest BCUT2D eigenvalue weighted by Gasteiger charge is -2.13. The molecule has 2 heterocycles. The highest BCUT2D eigenvalue weighted by molar-refractivity contribution is 7.20. The predicted molar refractivity (Wildman–Crippen MR) is 125 cm³/mol. The van der Waals surface area contributed by atoms with Gasteiger partial charge >= 0.3 is 0 Å². The molecule has 2 aromatic heterocycles. The van der Waals surface area contributed by atoms with E-state index in [1.807, 2.05) is 20.8 Å². The summed E-state index contributed by atoms with van der Waals surface area (Å²) in [5.74, 6) is 1.34. The minimum Gasteiger partial charge on any atom is -0.493 e. The van der Waals surface area contributed by atoms with Gasteiger partial charge in [-0.1, -0.05) is 13.8 Å². The van der Waals surface area contributed by atoms with Crippen LogP contribution in [0.1, 0.15) is 57.4 Å². The zero-order valence-electron chi connectivity index (χ0n) is 19.2. The van der Waals surface area contributed by atoms with Crippen LogP contribution in [0.5, 0.6) is 11.5 Å². The summed E-state index contributed by atoms with van der Waals surface area (Å²) in [5, 5.41) is 0.870. The summed E-state index contributed by atoms with van der Waals surface area (Å²) in [7, 11) is 1.52. The molecule has 2 amide bonds. The summed E-state index contributed by atoms with van der Waals surface area (Å²) < 4.78 is 11.1. The molecule has 2 N–H and O–H groups in total. The number of aryl methyl sites for hydroxylation is 3. The average Bonchev–Trinajstić information content (AvgIpc) is 3.08. The fourth-order valence-electron chi connectivity index (χ4n) is 3.27. The number of nitrogens with zero attached hydrogens (tertiary/aromatic N) is 2. The molecule has 32 heavy (non-hydrogen) atoms. The van der Waals surface area contributed by atoms with E-state index < -0.39 is 11.8 Å². The van der Waals surface area contributed by atoms with Gasteiger partial charge in [-0.2, -0.15) is 0 Å². The van der Waals surface area contributed by atoms with Crippen LogP contribution in [0.3, 0.4) is 0 Å². The van der Waals surface area contributed by atoms with Gasteiger partial charge in [0.15, 0.2) is 11.5 Å². The van der Waals surface area contributed by atoms with Crippen LogP contribution in [-0.2, 0) is 0 Å². The number of hydrogen-bond acceptors (Lipinski definition) is 7. The minimum absolute atomic E-state index is 0.337. The van der Waals surface area contributed by atoms with Crippen molar-refractivity contribution in [2.24, 2.45) is 5.92 Å². The first-order valence-corrected chi connectivity index (χ1v) is 11.2. The number of amides is 2. The van der Waals surface area contributed by atoms with Crippen LogP contribution in [0.2, 0.25) is 0 Å². The third kappa shape index (κ3) is 5.16. The molecule has 1 aromatic carbocycles. The van der Waals surface area contributed by atoms with Crippen molar-refractivity contribution in [2.75, 3.05) is 13.7 Å². The molecule has 9 heteroatoms. The molecule has 170 valence electrons. The number of hydrazine groups is 1. The van der Waals surface area contributed by atoms with Gasteiger partial charge in [0.05, 0.1) is 18.6 Å². The van der Waals surface area contributed by atoms with Gasteiger partial charge in [-0.15, -0.1) is 11.3 Å². The number of nitrogens with one attached hydrogen (secondary N) is 2. The van der Waals surface area contributed by atoms with Crippen molar-refractivity contribution in [2.45, 2.75) is 41.0 Å². The lowest BCUT2D eigenvalue weighted by atomic mass is 10.1. The van der Waals surface area contributed by atoms with Crippen LogP contribution in [0.25, 0.3) is 10.2 Å². The summed E-state index contributed by atoms with van der Waals surface area (Å²) in [6, 6.07) is 4.90. The maximum Gasteiger partial charge on any atom is 0.280 e. The van der Waals surface area contributed by atoms with Crippen molar-refractivity contribution < 1.29 is 19.1 Å². The maximum absolute atomic E-state index is 12.7. The van der Waals surface area contributed by atoms with Crippen LogP contribution in [-0.4, -0.2) is 35.5 Å². The highest BCUT2D eigenvalue weighted by atomic mass is 32.1. The topological polar surface area (TPSA) is 102 Å². The van der Waals surface area contributed by atoms with E-state index in [2.05, 4.69) is 34.7 Å². The number of rotatable bonds is 7. The molecule has 0 bridgehead atoms. The summed E-state index contributed by atoms with van der Waals surface area (Å²) in [6.07, 6.45) is 0.916. The Bertz CT molecular complexity index is 1160. The van der Waals surface area contributed by atoms with Gasteiger partial charge in [0.2, 0.25) is 0 Å². The molecule has 0 radical (unpaired) electrons. The average molecular weight is 457 g/mol. The minimum atomic E-state index is -0.462. The van der Waals surface area contributed by atoms with Crippen LogP contribution in [0.15, 0.2) is 18.2 Å². The SMILES string of the molecule is COc1cc(C(=O)NNC(=O)c2sc3nc(C)nc(C)c3c2C)ccc1OCCC(C)C. The fourth-order valence-corrected chi connectivity index (χ4v) is 4.44. The molecular formula is C23H28N4O4S. The molecular weight excluding hydrogens is 428 g/mol. The molecule has 0 atom stereocenters. The van der Waals surface area contributed by atoms with E-state index in [0.29, 0.717) is 40.3 Å². The standard InChI is InChI=1S/C23H28N4O4S/c1-12(2)9-10-31-17-8-7-16(11-18(17)30-6)21(28)26-27-22(29)20-13(3)19-14(4)24-15(5)25-23(19)32-20/h7-8,11-12H,9-10H2,1-6H3,(H,26,28)(H,27,29). The normalized spacial score (nSPS) is 11.0. The van der Waals surface area contributed by atoms with E-state index in [-0.39, 0.29) is 0 Å². The molecule has 0 spiro atoms. The van der Waals surface area contributed by atoms with Gasteiger partial charge < -0.3 is 9.47 Å². The van der Waals surface area contributed by atoms with E-state index >= 15 is 0 Å². The molecule has 0 saturated heterocycles. The second kappa shape index (κ2) is 9.95. The highest BCUT2D eigenvalue weighted by Gasteiger charge is 2.19. The van der Waals surface area contributed by atoms with Crippen LogP contribution in [0.4, 0.5) is 0 Å². The van der Waals surface area contributed by atoms with E-state index in [0.717, 1.165) is 27.9 Å². The summed E-state index contributed by atoms with van der Waals surface area (Å²) >= 11 is 1.27. The van der Waals surface area contributed by atoms with Crippen molar-refractivity contribution in [3.05, 3.63) is 45.7 Å². The van der Waals surface area contributed by atoms with Crippen LogP contribution in [0, 0.1) is 26.7 Å². The van der Waals surface area contributed by atoms with E-state index in [1.54, 1.807) is 18.2 Å². The van der Waals surface area contributed by atoms with Gasteiger partial charge in [0.25, 0.3) is 11.8 Å². The third-order valence-corrected chi connectivity index (χ3v) is 6.14. The second-order valence-electron chi connectivity index (χ2n) is 7.90. The monoisotopic (exact) mass is 456 g/mol. The van der Waals surface area contributed by atoms with Gasteiger partial charge in [-0.05, 0) is 56.9 Å². The van der Waals surface area contributed by atoms with Crippen molar-refractivity contribution in [3.8, 4) is 11.5 Å². The molecule has 0 saturated carbocycles. The fraction of sp³-hybridized carbons (Fsp3) is 0.391. The first-order valence-electron chi connectivity index (χ1n) is 10.4. The molecule has 0 aliphatic rings. The Labute approximate surface area is 191 Å². The summed E-state index contributed by atoms with van der Waals surface area (Å²) in [5.41, 5.74) is 6.90. The lowest BCUT2D eigenvalue weighted by molar-refractivity contribution is 0.0848. The first kappa shape index (κ1) is 23.5. The number of carbonyl (C=O) groups is 2. The number of carbonyl (C=O) groups excluding carboxylic acids is 2. The van der Waals surface area contributed by atoms with E-state index in [9.17, 15) is 9.59 Å². The number of hydrogen-bond donors (Lipinski definition) is 2. The van der Waals surface area contributed by atoms with Crippen molar-refractivity contribution in [1.82, 2.24) is 20.8 Å². The smallest absolute Gasteiger partial charge is 0.280 e. The number of thiophene rings is 1. The zero-order valence-corrected chi connectivity index (χ0v) is 20.0. The Morgan fingerprint density at radius 1 is 1.06 bits per heavy atom. The van der Waals surface area contributed by atoms with Crippen LogP contribution >= 0.6 is 11.3 Å². The Hall–Kier alpha value is -3.20. The molecule has 8 nitrogen and oxygen atoms in total. The number of aromatic nitrogens is 2. The number of fused-ring (bicyclic) bond motifs is 1. The molecule has 3 rings (SSSR count). The molecule has 0 fully saturated rings. The Kier molecular flexibility index (Phi) is 7.29. The predicted octanol–water partition coefficient (Wildman–Crippen LogP) is 4.12. The van der Waals surface area contributed by atoms with Gasteiger partial charge in [0.1, 0.15) is 10.7 Å². The van der Waals surface area contributed by atoms with Gasteiger partial charge in [-0.25, -0.2) is 9.97 Å². The van der Waals surface area contributed by atoms with Crippen LogP contribution < -0.4 is 20.3 Å². The Morgan fingerprint density at radius 3 is 2.47 bits per heavy atom. The number of methoxy groups -OCH3 is 1.